The molecule has 0 bridgehead atoms. The van der Waals surface area contributed by atoms with Gasteiger partial charge in [0.05, 0.1) is 34.0 Å². The number of hydrogen-bond acceptors (Lipinski definition) is 5. The van der Waals surface area contributed by atoms with E-state index in [1.807, 2.05) is 23.1 Å². The maximum Gasteiger partial charge on any atom is 0.223 e. The molecule has 1 saturated heterocycles. The topological polar surface area (TPSA) is 62.7 Å². The van der Waals surface area contributed by atoms with Crippen molar-refractivity contribution in [3.05, 3.63) is 29.3 Å². The fraction of sp³-hybridized carbons (Fsp3) is 0.556. The van der Waals surface area contributed by atoms with E-state index in [-0.39, 0.29) is 30.6 Å². The number of carbonyl (C=O) groups excluding carboxylic acids is 1. The van der Waals surface area contributed by atoms with Crippen LogP contribution in [-0.2, 0) is 16.0 Å². The molecule has 1 N–H and O–H groups in total. The third kappa shape index (κ3) is 3.06. The highest BCUT2D eigenvalue weighted by atomic mass is 32.1. The van der Waals surface area contributed by atoms with Crippen molar-refractivity contribution in [2.24, 2.45) is 5.92 Å². The molecule has 3 atom stereocenters. The quantitative estimate of drug-likeness (QED) is 0.922. The van der Waals surface area contributed by atoms with E-state index in [1.165, 1.54) is 4.70 Å². The number of carbonyl (C=O) groups is 1. The minimum atomic E-state index is 0.0994. The minimum Gasteiger partial charge on any atom is -0.396 e. The van der Waals surface area contributed by atoms with Crippen molar-refractivity contribution in [3.63, 3.8) is 0 Å². The van der Waals surface area contributed by atoms with Crippen LogP contribution in [0.1, 0.15) is 24.3 Å². The van der Waals surface area contributed by atoms with Crippen LogP contribution in [0.3, 0.4) is 0 Å². The van der Waals surface area contributed by atoms with Crippen molar-refractivity contribution in [1.29, 1.82) is 0 Å². The van der Waals surface area contributed by atoms with E-state index in [0.717, 1.165) is 23.4 Å². The Morgan fingerprint density at radius 2 is 2.25 bits per heavy atom. The summed E-state index contributed by atoms with van der Waals surface area (Å²) in [6.07, 6.45) is 3.00. The van der Waals surface area contributed by atoms with Crippen LogP contribution in [0.2, 0.25) is 0 Å². The van der Waals surface area contributed by atoms with Gasteiger partial charge in [0.15, 0.2) is 0 Å². The molecular weight excluding hydrogens is 324 g/mol. The summed E-state index contributed by atoms with van der Waals surface area (Å²) in [4.78, 5) is 19.3. The number of aliphatic hydroxyl groups excluding tert-OH is 1. The zero-order valence-electron chi connectivity index (χ0n) is 13.6. The third-order valence-electron chi connectivity index (χ3n) is 5.10. The maximum atomic E-state index is 12.7. The van der Waals surface area contributed by atoms with E-state index in [4.69, 9.17) is 4.74 Å². The summed E-state index contributed by atoms with van der Waals surface area (Å²) < 4.78 is 6.98. The van der Waals surface area contributed by atoms with E-state index < -0.39 is 0 Å². The summed E-state index contributed by atoms with van der Waals surface area (Å²) in [5, 5.41) is 10.4. The smallest absolute Gasteiger partial charge is 0.223 e. The predicted molar refractivity (Wildman–Crippen MR) is 93.0 cm³/mol. The number of para-hydroxylation sites is 1. The predicted octanol–water partition coefficient (Wildman–Crippen LogP) is 2.23. The molecule has 1 aliphatic carbocycles. The molecule has 1 aliphatic heterocycles. The van der Waals surface area contributed by atoms with Crippen LogP contribution in [0, 0.1) is 5.92 Å². The average molecular weight is 346 g/mol. The Kier molecular flexibility index (Phi) is 4.52. The molecule has 1 aromatic carbocycles. The normalized spacial score (nSPS) is 26.7. The van der Waals surface area contributed by atoms with Crippen molar-refractivity contribution in [2.75, 3.05) is 19.8 Å². The number of amides is 1. The molecule has 2 heterocycles. The number of ether oxygens (including phenoxy) is 1. The van der Waals surface area contributed by atoms with E-state index in [1.54, 1.807) is 11.3 Å². The molecule has 1 amide bonds. The Labute approximate surface area is 145 Å². The Hall–Kier alpha value is -1.50. The fourth-order valence-electron chi connectivity index (χ4n) is 3.89. The van der Waals surface area contributed by atoms with Crippen molar-refractivity contribution >= 4 is 27.5 Å². The van der Waals surface area contributed by atoms with Gasteiger partial charge < -0.3 is 14.7 Å². The number of aliphatic hydroxyl groups is 1. The van der Waals surface area contributed by atoms with Gasteiger partial charge in [0.2, 0.25) is 5.91 Å². The number of aryl methyl sites for hydroxylation is 1. The van der Waals surface area contributed by atoms with Crippen molar-refractivity contribution in [1.82, 2.24) is 9.88 Å². The second-order valence-electron chi connectivity index (χ2n) is 6.66. The first-order valence-corrected chi connectivity index (χ1v) is 9.42. The number of rotatable bonds is 4. The highest BCUT2D eigenvalue weighted by Crippen LogP contribution is 2.34. The monoisotopic (exact) mass is 346 g/mol. The molecular formula is C18H22N2O3S. The molecule has 128 valence electrons. The second kappa shape index (κ2) is 6.78. The number of morpholine rings is 1. The highest BCUT2D eigenvalue weighted by Gasteiger charge is 2.42. The van der Waals surface area contributed by atoms with Crippen LogP contribution in [0.5, 0.6) is 0 Å². The average Bonchev–Trinajstić information content (AvgIpc) is 3.22. The zero-order chi connectivity index (χ0) is 16.5. The van der Waals surface area contributed by atoms with Crippen LogP contribution in [0.4, 0.5) is 0 Å². The van der Waals surface area contributed by atoms with Gasteiger partial charge in [0.25, 0.3) is 0 Å². The van der Waals surface area contributed by atoms with Gasteiger partial charge in [-0.05, 0) is 30.9 Å². The van der Waals surface area contributed by atoms with Gasteiger partial charge in [-0.2, -0.15) is 0 Å². The number of thiazole rings is 1. The van der Waals surface area contributed by atoms with Gasteiger partial charge in [0, 0.05) is 26.0 Å². The van der Waals surface area contributed by atoms with E-state index in [9.17, 15) is 9.90 Å². The first kappa shape index (κ1) is 16.0. The molecule has 2 aromatic rings. The van der Waals surface area contributed by atoms with Gasteiger partial charge in [-0.3, -0.25) is 4.79 Å². The Balaban J connectivity index is 1.40. The molecule has 24 heavy (non-hydrogen) atoms. The summed E-state index contributed by atoms with van der Waals surface area (Å²) in [7, 11) is 0. The summed E-state index contributed by atoms with van der Waals surface area (Å²) >= 11 is 1.67. The summed E-state index contributed by atoms with van der Waals surface area (Å²) in [6, 6.07) is 8.22. The molecule has 6 heteroatoms. The number of aromatic nitrogens is 1. The standard InChI is InChI=1S/C18H22N2O3S/c21-11-12-9-14-15(10-12)23-8-7-20(14)18(22)6-5-17-19-13-3-1-2-4-16(13)24-17/h1-4,12,14-15,21H,5-11H2/t12-,14+,15+/m1/s1. The van der Waals surface area contributed by atoms with E-state index in [2.05, 4.69) is 11.1 Å². The third-order valence-corrected chi connectivity index (χ3v) is 6.20. The largest absolute Gasteiger partial charge is 0.396 e. The maximum absolute atomic E-state index is 12.7. The first-order valence-electron chi connectivity index (χ1n) is 8.61. The molecule has 1 saturated carbocycles. The number of benzene rings is 1. The summed E-state index contributed by atoms with van der Waals surface area (Å²) in [6.45, 7) is 1.45. The first-order chi connectivity index (χ1) is 11.7. The molecule has 0 radical (unpaired) electrons. The molecule has 1 aromatic heterocycles. The van der Waals surface area contributed by atoms with Crippen LogP contribution in [0.25, 0.3) is 10.2 Å². The summed E-state index contributed by atoms with van der Waals surface area (Å²) in [5.41, 5.74) is 1.01. The number of hydrogen-bond donors (Lipinski definition) is 1. The Bertz CT molecular complexity index is 699. The summed E-state index contributed by atoms with van der Waals surface area (Å²) in [5.74, 6) is 0.448. The SMILES string of the molecule is O=C(CCc1nc2ccccc2s1)N1CCO[C@H]2C[C@H](CO)C[C@@H]21. The van der Waals surface area contributed by atoms with Crippen LogP contribution in [0.15, 0.2) is 24.3 Å². The molecule has 0 spiro atoms. The molecule has 0 unspecified atom stereocenters. The lowest BCUT2D eigenvalue weighted by atomic mass is 10.1. The molecule has 5 nitrogen and oxygen atoms in total. The van der Waals surface area contributed by atoms with Gasteiger partial charge in [-0.15, -0.1) is 11.3 Å². The fourth-order valence-corrected chi connectivity index (χ4v) is 4.86. The lowest BCUT2D eigenvalue weighted by molar-refractivity contribution is -0.143. The van der Waals surface area contributed by atoms with E-state index >= 15 is 0 Å². The molecule has 4 rings (SSSR count). The van der Waals surface area contributed by atoms with Crippen molar-refractivity contribution in [3.8, 4) is 0 Å². The number of nitrogens with zero attached hydrogens (tertiary/aromatic N) is 2. The van der Waals surface area contributed by atoms with Crippen LogP contribution < -0.4 is 0 Å². The lowest BCUT2D eigenvalue weighted by Crippen LogP contribution is -2.51. The lowest BCUT2D eigenvalue weighted by Gasteiger charge is -2.37. The van der Waals surface area contributed by atoms with Gasteiger partial charge in [-0.25, -0.2) is 4.98 Å². The van der Waals surface area contributed by atoms with Crippen LogP contribution in [-0.4, -0.2) is 52.8 Å². The van der Waals surface area contributed by atoms with Crippen LogP contribution >= 0.6 is 11.3 Å². The Morgan fingerprint density at radius 1 is 1.38 bits per heavy atom. The zero-order valence-corrected chi connectivity index (χ0v) is 14.4. The van der Waals surface area contributed by atoms with Gasteiger partial charge in [-0.1, -0.05) is 12.1 Å². The van der Waals surface area contributed by atoms with Gasteiger partial charge >= 0.3 is 0 Å². The van der Waals surface area contributed by atoms with Gasteiger partial charge in [0.1, 0.15) is 0 Å². The molecule has 2 fully saturated rings. The van der Waals surface area contributed by atoms with Crippen molar-refractivity contribution < 1.29 is 14.6 Å². The Morgan fingerprint density at radius 3 is 3.08 bits per heavy atom. The second-order valence-corrected chi connectivity index (χ2v) is 7.77. The highest BCUT2D eigenvalue weighted by molar-refractivity contribution is 7.18. The molecule has 2 aliphatic rings. The number of fused-ring (bicyclic) bond motifs is 2. The van der Waals surface area contributed by atoms with Crippen molar-refractivity contribution in [2.45, 2.75) is 37.8 Å². The minimum absolute atomic E-state index is 0.0994. The van der Waals surface area contributed by atoms with E-state index in [0.29, 0.717) is 26.0 Å².